The molecular formula is C39H25N3. The molecule has 0 saturated heterocycles. The first-order valence-corrected chi connectivity index (χ1v) is 14.1. The van der Waals surface area contributed by atoms with Crippen LogP contribution in [0.3, 0.4) is 0 Å². The summed E-state index contributed by atoms with van der Waals surface area (Å²) in [4.78, 5) is 15.4. The van der Waals surface area contributed by atoms with Gasteiger partial charge < -0.3 is 0 Å². The van der Waals surface area contributed by atoms with E-state index in [0.717, 1.165) is 33.2 Å². The molecule has 0 aliphatic carbocycles. The van der Waals surface area contributed by atoms with Gasteiger partial charge in [-0.1, -0.05) is 152 Å². The Morgan fingerprint density at radius 3 is 1.19 bits per heavy atom. The molecule has 196 valence electrons. The third kappa shape index (κ3) is 4.03. The molecule has 0 saturated carbocycles. The van der Waals surface area contributed by atoms with Gasteiger partial charge in [-0.3, -0.25) is 0 Å². The first-order chi connectivity index (χ1) is 20.8. The average molecular weight is 536 g/mol. The van der Waals surface area contributed by atoms with Crippen LogP contribution in [-0.2, 0) is 0 Å². The van der Waals surface area contributed by atoms with Crippen molar-refractivity contribution in [1.82, 2.24) is 15.0 Å². The molecule has 0 spiro atoms. The van der Waals surface area contributed by atoms with E-state index in [1.54, 1.807) is 0 Å². The third-order valence-corrected chi connectivity index (χ3v) is 7.92. The quantitative estimate of drug-likeness (QED) is 0.211. The van der Waals surface area contributed by atoms with Crippen molar-refractivity contribution in [3.05, 3.63) is 152 Å². The minimum atomic E-state index is 0.653. The molecule has 0 atom stereocenters. The molecule has 42 heavy (non-hydrogen) atoms. The van der Waals surface area contributed by atoms with E-state index in [2.05, 4.69) is 115 Å². The SMILES string of the molecule is c1ccc(-c2nc(-c3ccccc3)nc(-c3c(-c4ccccc4)ccc4c5ccccc5c5ccccc5c34)n2)cc1. The van der Waals surface area contributed by atoms with Crippen molar-refractivity contribution in [2.45, 2.75) is 0 Å². The second-order valence-corrected chi connectivity index (χ2v) is 10.4. The summed E-state index contributed by atoms with van der Waals surface area (Å²) in [6.07, 6.45) is 0. The van der Waals surface area contributed by atoms with Gasteiger partial charge in [-0.25, -0.2) is 15.0 Å². The Bertz CT molecular complexity index is 2130. The topological polar surface area (TPSA) is 38.7 Å². The minimum absolute atomic E-state index is 0.653. The predicted octanol–water partition coefficient (Wildman–Crippen LogP) is 10.00. The Morgan fingerprint density at radius 2 is 0.667 bits per heavy atom. The van der Waals surface area contributed by atoms with E-state index in [-0.39, 0.29) is 0 Å². The molecule has 0 aliphatic rings. The molecule has 3 nitrogen and oxygen atoms in total. The highest BCUT2D eigenvalue weighted by Crippen LogP contribution is 2.44. The lowest BCUT2D eigenvalue weighted by atomic mass is 9.87. The summed E-state index contributed by atoms with van der Waals surface area (Å²) in [7, 11) is 0. The van der Waals surface area contributed by atoms with Crippen LogP contribution < -0.4 is 0 Å². The van der Waals surface area contributed by atoms with Crippen LogP contribution in [-0.4, -0.2) is 15.0 Å². The highest BCUT2D eigenvalue weighted by molar-refractivity contribution is 6.29. The van der Waals surface area contributed by atoms with Crippen LogP contribution in [0.4, 0.5) is 0 Å². The molecule has 0 amide bonds. The van der Waals surface area contributed by atoms with Crippen molar-refractivity contribution >= 4 is 32.3 Å². The van der Waals surface area contributed by atoms with Crippen molar-refractivity contribution in [1.29, 1.82) is 0 Å². The number of hydrogen-bond donors (Lipinski definition) is 0. The van der Waals surface area contributed by atoms with Gasteiger partial charge in [-0.05, 0) is 38.1 Å². The molecule has 8 rings (SSSR count). The summed E-state index contributed by atoms with van der Waals surface area (Å²) in [6.45, 7) is 0. The summed E-state index contributed by atoms with van der Waals surface area (Å²) in [5.74, 6) is 1.97. The Kier molecular flexibility index (Phi) is 5.79. The monoisotopic (exact) mass is 535 g/mol. The highest BCUT2D eigenvalue weighted by Gasteiger charge is 2.21. The number of hydrogen-bond acceptors (Lipinski definition) is 3. The molecule has 0 radical (unpaired) electrons. The second kappa shape index (κ2) is 10.1. The fourth-order valence-electron chi connectivity index (χ4n) is 6.01. The van der Waals surface area contributed by atoms with Crippen molar-refractivity contribution in [2.24, 2.45) is 0 Å². The Balaban J connectivity index is 1.56. The van der Waals surface area contributed by atoms with Crippen molar-refractivity contribution < 1.29 is 0 Å². The summed E-state index contributed by atoms with van der Waals surface area (Å²) in [5.41, 5.74) is 5.13. The Hall–Kier alpha value is -5.67. The number of rotatable bonds is 4. The summed E-state index contributed by atoms with van der Waals surface area (Å²) in [5, 5.41) is 7.18. The van der Waals surface area contributed by atoms with Gasteiger partial charge in [0.05, 0.1) is 0 Å². The smallest absolute Gasteiger partial charge is 0.165 e. The van der Waals surface area contributed by atoms with E-state index in [0.29, 0.717) is 17.5 Å². The lowest BCUT2D eigenvalue weighted by Crippen LogP contribution is -2.02. The normalized spacial score (nSPS) is 11.3. The molecule has 0 bridgehead atoms. The van der Waals surface area contributed by atoms with E-state index in [1.807, 2.05) is 36.4 Å². The van der Waals surface area contributed by atoms with Gasteiger partial charge >= 0.3 is 0 Å². The first kappa shape index (κ1) is 24.2. The lowest BCUT2D eigenvalue weighted by Gasteiger charge is -2.18. The predicted molar refractivity (Wildman–Crippen MR) is 174 cm³/mol. The molecule has 0 fully saturated rings. The van der Waals surface area contributed by atoms with Crippen LogP contribution in [0.15, 0.2) is 152 Å². The zero-order valence-corrected chi connectivity index (χ0v) is 22.8. The maximum Gasteiger partial charge on any atom is 0.165 e. The number of fused-ring (bicyclic) bond motifs is 6. The van der Waals surface area contributed by atoms with E-state index < -0.39 is 0 Å². The second-order valence-electron chi connectivity index (χ2n) is 10.4. The van der Waals surface area contributed by atoms with Crippen LogP contribution in [0.5, 0.6) is 0 Å². The molecule has 0 unspecified atom stereocenters. The largest absolute Gasteiger partial charge is 0.208 e. The van der Waals surface area contributed by atoms with Crippen LogP contribution in [0, 0.1) is 0 Å². The van der Waals surface area contributed by atoms with E-state index in [4.69, 9.17) is 15.0 Å². The summed E-state index contributed by atoms with van der Waals surface area (Å²) in [6, 6.07) is 52.7. The van der Waals surface area contributed by atoms with Gasteiger partial charge in [0.15, 0.2) is 17.5 Å². The molecular weight excluding hydrogens is 510 g/mol. The van der Waals surface area contributed by atoms with Gasteiger partial charge in [0, 0.05) is 22.1 Å². The van der Waals surface area contributed by atoms with E-state index in [9.17, 15) is 0 Å². The van der Waals surface area contributed by atoms with Gasteiger partial charge in [-0.2, -0.15) is 0 Å². The molecule has 3 heteroatoms. The van der Waals surface area contributed by atoms with Crippen molar-refractivity contribution in [3.8, 4) is 45.3 Å². The maximum atomic E-state index is 5.20. The molecule has 7 aromatic carbocycles. The van der Waals surface area contributed by atoms with Crippen LogP contribution >= 0.6 is 0 Å². The van der Waals surface area contributed by atoms with E-state index in [1.165, 1.54) is 26.9 Å². The van der Waals surface area contributed by atoms with Crippen LogP contribution in [0.2, 0.25) is 0 Å². The third-order valence-electron chi connectivity index (χ3n) is 7.92. The minimum Gasteiger partial charge on any atom is -0.208 e. The van der Waals surface area contributed by atoms with E-state index >= 15 is 0 Å². The maximum absolute atomic E-state index is 5.20. The molecule has 0 N–H and O–H groups in total. The number of aromatic nitrogens is 3. The molecule has 0 aliphatic heterocycles. The summed E-state index contributed by atoms with van der Waals surface area (Å²) < 4.78 is 0. The molecule has 8 aromatic rings. The summed E-state index contributed by atoms with van der Waals surface area (Å²) >= 11 is 0. The van der Waals surface area contributed by atoms with Crippen LogP contribution in [0.1, 0.15) is 0 Å². The lowest BCUT2D eigenvalue weighted by molar-refractivity contribution is 1.08. The average Bonchev–Trinajstić information content (AvgIpc) is 3.09. The van der Waals surface area contributed by atoms with Gasteiger partial charge in [0.25, 0.3) is 0 Å². The fourth-order valence-corrected chi connectivity index (χ4v) is 6.01. The Labute approximate surface area is 243 Å². The molecule has 1 heterocycles. The number of nitrogens with zero attached hydrogens (tertiary/aromatic N) is 3. The first-order valence-electron chi connectivity index (χ1n) is 14.1. The van der Waals surface area contributed by atoms with Crippen molar-refractivity contribution in [3.63, 3.8) is 0 Å². The van der Waals surface area contributed by atoms with Gasteiger partial charge in [0.2, 0.25) is 0 Å². The highest BCUT2D eigenvalue weighted by atomic mass is 15.0. The zero-order valence-electron chi connectivity index (χ0n) is 22.8. The van der Waals surface area contributed by atoms with Gasteiger partial charge in [-0.15, -0.1) is 0 Å². The Morgan fingerprint density at radius 1 is 0.286 bits per heavy atom. The standard InChI is InChI=1S/C39H25N3/c1-4-14-26(15-5-1)29-24-25-34-32-22-11-10-20-30(32)31-21-12-13-23-33(31)35(34)36(29)39-41-37(27-16-6-2-7-17-27)40-38(42-39)28-18-8-3-9-19-28/h1-25H. The van der Waals surface area contributed by atoms with Gasteiger partial charge in [0.1, 0.15) is 0 Å². The fraction of sp³-hybridized carbons (Fsp3) is 0. The number of benzene rings is 7. The van der Waals surface area contributed by atoms with Crippen molar-refractivity contribution in [2.75, 3.05) is 0 Å². The molecule has 1 aromatic heterocycles. The van der Waals surface area contributed by atoms with Crippen LogP contribution in [0.25, 0.3) is 77.6 Å². The zero-order chi connectivity index (χ0) is 27.9.